The van der Waals surface area contributed by atoms with Crippen molar-refractivity contribution in [2.45, 2.75) is 52.6 Å². The molecule has 1 aliphatic rings. The molecule has 3 heterocycles. The maximum absolute atomic E-state index is 11.7. The maximum Gasteiger partial charge on any atom is 0.251 e. The predicted octanol–water partition coefficient (Wildman–Crippen LogP) is 1.64. The summed E-state index contributed by atoms with van der Waals surface area (Å²) in [5.41, 5.74) is 0.530. The fourth-order valence-corrected chi connectivity index (χ4v) is 3.10. The molecule has 1 atom stereocenters. The molecule has 2 aromatic rings. The van der Waals surface area contributed by atoms with Crippen molar-refractivity contribution in [2.24, 2.45) is 0 Å². The van der Waals surface area contributed by atoms with Crippen LogP contribution in [0.4, 0.5) is 0 Å². The van der Waals surface area contributed by atoms with Crippen LogP contribution < -0.4 is 5.56 Å². The number of aromatic nitrogens is 4. The van der Waals surface area contributed by atoms with Crippen LogP contribution in [0.5, 0.6) is 0 Å². The summed E-state index contributed by atoms with van der Waals surface area (Å²) in [5.74, 6) is 2.15. The molecule has 2 aromatic heterocycles. The van der Waals surface area contributed by atoms with Gasteiger partial charge in [0.15, 0.2) is 5.82 Å². The van der Waals surface area contributed by atoms with Gasteiger partial charge in [-0.1, -0.05) is 25.9 Å². The van der Waals surface area contributed by atoms with Crippen LogP contribution in [0.25, 0.3) is 0 Å². The van der Waals surface area contributed by atoms with Gasteiger partial charge in [0, 0.05) is 43.4 Å². The van der Waals surface area contributed by atoms with Gasteiger partial charge in [-0.15, -0.1) is 0 Å². The van der Waals surface area contributed by atoms with Gasteiger partial charge in [-0.25, -0.2) is 4.98 Å². The average Bonchev–Trinajstić information content (AvgIpc) is 3.03. The van der Waals surface area contributed by atoms with Crippen LogP contribution in [-0.2, 0) is 12.0 Å². The number of hydrogen-bond donors (Lipinski definition) is 1. The molecule has 0 spiro atoms. The number of nitrogens with one attached hydrogen (secondary N) is 1. The summed E-state index contributed by atoms with van der Waals surface area (Å²) in [6, 6.07) is 1.60. The zero-order chi connectivity index (χ0) is 18.9. The van der Waals surface area contributed by atoms with Gasteiger partial charge in [0.1, 0.15) is 5.82 Å². The number of H-pyrrole nitrogens is 1. The molecule has 0 aromatic carbocycles. The summed E-state index contributed by atoms with van der Waals surface area (Å²) in [4.78, 5) is 28.2. The number of nitrogens with zero attached hydrogens (tertiary/aromatic N) is 5. The van der Waals surface area contributed by atoms with Crippen LogP contribution in [0.2, 0.25) is 0 Å². The number of piperazine rings is 1. The Morgan fingerprint density at radius 2 is 1.92 bits per heavy atom. The largest absolute Gasteiger partial charge is 0.339 e. The second-order valence-electron chi connectivity index (χ2n) is 8.03. The lowest BCUT2D eigenvalue weighted by Gasteiger charge is -2.37. The summed E-state index contributed by atoms with van der Waals surface area (Å²) in [7, 11) is 0. The second-order valence-corrected chi connectivity index (χ2v) is 8.03. The number of rotatable bonds is 4. The first kappa shape index (κ1) is 18.7. The van der Waals surface area contributed by atoms with E-state index in [1.165, 1.54) is 6.07 Å². The molecule has 8 nitrogen and oxygen atoms in total. The molecule has 1 saturated heterocycles. The maximum atomic E-state index is 11.7. The van der Waals surface area contributed by atoms with Crippen molar-refractivity contribution in [3.8, 4) is 0 Å². The molecular weight excluding hydrogens is 332 g/mol. The van der Waals surface area contributed by atoms with Gasteiger partial charge in [-0.2, -0.15) is 4.98 Å². The van der Waals surface area contributed by atoms with Gasteiger partial charge in [0.2, 0.25) is 5.89 Å². The normalized spacial score (nSPS) is 18.2. The van der Waals surface area contributed by atoms with E-state index in [9.17, 15) is 4.79 Å². The van der Waals surface area contributed by atoms with Crippen LogP contribution in [0.3, 0.4) is 0 Å². The smallest absolute Gasteiger partial charge is 0.251 e. The minimum atomic E-state index is -0.128. The summed E-state index contributed by atoms with van der Waals surface area (Å²) in [5, 5.41) is 4.11. The SMILES string of the molecule is Cc1cc(=O)[nH]c([C@H](C)N2CCN(Cc3noc(C(C)(C)C)n3)CC2)n1. The molecule has 8 heteroatoms. The monoisotopic (exact) mass is 360 g/mol. The van der Waals surface area contributed by atoms with Gasteiger partial charge < -0.3 is 9.51 Å². The predicted molar refractivity (Wildman–Crippen MR) is 97.9 cm³/mol. The Balaban J connectivity index is 1.57. The summed E-state index contributed by atoms with van der Waals surface area (Å²) >= 11 is 0. The highest BCUT2D eigenvalue weighted by Crippen LogP contribution is 2.21. The molecule has 142 valence electrons. The standard InChI is InChI=1S/C18H28N6O2/c1-12-10-15(25)21-16(19-12)13(2)24-8-6-23(7-9-24)11-14-20-17(26-22-14)18(3,4)5/h10,13H,6-9,11H2,1-5H3,(H,19,21,25)/t13-/m0/s1. The third-order valence-corrected chi connectivity index (χ3v) is 4.71. The Morgan fingerprint density at radius 3 is 2.50 bits per heavy atom. The van der Waals surface area contributed by atoms with Crippen molar-refractivity contribution in [1.29, 1.82) is 0 Å². The highest BCUT2D eigenvalue weighted by atomic mass is 16.5. The Hall–Kier alpha value is -2.06. The van der Waals surface area contributed by atoms with Gasteiger partial charge in [0.05, 0.1) is 12.6 Å². The Labute approximate surface area is 153 Å². The molecule has 0 saturated carbocycles. The molecule has 0 aliphatic carbocycles. The number of hydrogen-bond acceptors (Lipinski definition) is 7. The topological polar surface area (TPSA) is 91.2 Å². The van der Waals surface area contributed by atoms with E-state index < -0.39 is 0 Å². The van der Waals surface area contributed by atoms with Crippen molar-refractivity contribution in [1.82, 2.24) is 29.9 Å². The van der Waals surface area contributed by atoms with Crippen LogP contribution in [-0.4, -0.2) is 56.1 Å². The van der Waals surface area contributed by atoms with Crippen molar-refractivity contribution < 1.29 is 4.52 Å². The lowest BCUT2D eigenvalue weighted by Crippen LogP contribution is -2.47. The zero-order valence-electron chi connectivity index (χ0n) is 16.2. The summed E-state index contributed by atoms with van der Waals surface area (Å²) in [6.45, 7) is 14.5. The van der Waals surface area contributed by atoms with Crippen LogP contribution in [0.15, 0.2) is 15.4 Å². The average molecular weight is 360 g/mol. The van der Waals surface area contributed by atoms with E-state index in [1.54, 1.807) is 0 Å². The van der Waals surface area contributed by atoms with E-state index in [4.69, 9.17) is 4.52 Å². The zero-order valence-corrected chi connectivity index (χ0v) is 16.2. The van der Waals surface area contributed by atoms with Crippen LogP contribution in [0.1, 0.15) is 57.0 Å². The highest BCUT2D eigenvalue weighted by molar-refractivity contribution is 5.04. The Bertz CT molecular complexity index is 798. The fourth-order valence-electron chi connectivity index (χ4n) is 3.10. The Kier molecular flexibility index (Phi) is 5.24. The van der Waals surface area contributed by atoms with Crippen molar-refractivity contribution in [3.63, 3.8) is 0 Å². The van der Waals surface area contributed by atoms with E-state index in [2.05, 4.69) is 57.6 Å². The van der Waals surface area contributed by atoms with Gasteiger partial charge in [-0.05, 0) is 13.8 Å². The molecule has 3 rings (SSSR count). The molecule has 0 bridgehead atoms. The third kappa shape index (κ3) is 4.37. The van der Waals surface area contributed by atoms with Gasteiger partial charge in [0.25, 0.3) is 5.56 Å². The summed E-state index contributed by atoms with van der Waals surface area (Å²) < 4.78 is 5.37. The first-order valence-electron chi connectivity index (χ1n) is 9.10. The molecular formula is C18H28N6O2. The molecule has 1 fully saturated rings. The van der Waals surface area contributed by atoms with E-state index in [0.29, 0.717) is 12.4 Å². The van der Waals surface area contributed by atoms with Crippen molar-refractivity contribution in [3.05, 3.63) is 39.7 Å². The van der Waals surface area contributed by atoms with E-state index >= 15 is 0 Å². The molecule has 1 aliphatic heterocycles. The minimum Gasteiger partial charge on any atom is -0.339 e. The molecule has 0 amide bonds. The fraction of sp³-hybridized carbons (Fsp3) is 0.667. The first-order valence-corrected chi connectivity index (χ1v) is 9.10. The van der Waals surface area contributed by atoms with Crippen molar-refractivity contribution in [2.75, 3.05) is 26.2 Å². The van der Waals surface area contributed by atoms with Gasteiger partial charge >= 0.3 is 0 Å². The van der Waals surface area contributed by atoms with Crippen molar-refractivity contribution >= 4 is 0 Å². The van der Waals surface area contributed by atoms with E-state index in [-0.39, 0.29) is 17.0 Å². The molecule has 26 heavy (non-hydrogen) atoms. The van der Waals surface area contributed by atoms with Gasteiger partial charge in [-0.3, -0.25) is 14.6 Å². The Morgan fingerprint density at radius 1 is 1.23 bits per heavy atom. The number of aromatic amines is 1. The van der Waals surface area contributed by atoms with E-state index in [1.807, 2.05) is 6.92 Å². The minimum absolute atomic E-state index is 0.0856. The van der Waals surface area contributed by atoms with E-state index in [0.717, 1.165) is 43.5 Å². The molecule has 1 N–H and O–H groups in total. The lowest BCUT2D eigenvalue weighted by atomic mass is 9.97. The number of aryl methyl sites for hydroxylation is 1. The lowest BCUT2D eigenvalue weighted by molar-refractivity contribution is 0.0925. The third-order valence-electron chi connectivity index (χ3n) is 4.71. The van der Waals surface area contributed by atoms with Crippen LogP contribution in [0, 0.1) is 6.92 Å². The molecule has 0 unspecified atom stereocenters. The first-order chi connectivity index (χ1) is 12.2. The second kappa shape index (κ2) is 7.28. The summed E-state index contributed by atoms with van der Waals surface area (Å²) in [6.07, 6.45) is 0. The van der Waals surface area contributed by atoms with Crippen LogP contribution >= 0.6 is 0 Å². The molecule has 0 radical (unpaired) electrons. The quantitative estimate of drug-likeness (QED) is 0.886. The highest BCUT2D eigenvalue weighted by Gasteiger charge is 2.26.